The van der Waals surface area contributed by atoms with E-state index in [2.05, 4.69) is 24.1 Å². The molecule has 0 saturated carbocycles. The molecule has 0 bridgehead atoms. The van der Waals surface area contributed by atoms with Crippen molar-refractivity contribution >= 4 is 0 Å². The Morgan fingerprint density at radius 1 is 1.25 bits per heavy atom. The van der Waals surface area contributed by atoms with Gasteiger partial charge in [0.15, 0.2) is 0 Å². The van der Waals surface area contributed by atoms with E-state index in [1.165, 1.54) is 38.8 Å². The van der Waals surface area contributed by atoms with Gasteiger partial charge in [-0.3, -0.25) is 4.90 Å². The highest BCUT2D eigenvalue weighted by Gasteiger charge is 2.34. The minimum atomic E-state index is 0.408. The molecule has 1 fully saturated rings. The van der Waals surface area contributed by atoms with E-state index in [1.807, 2.05) is 0 Å². The van der Waals surface area contributed by atoms with E-state index in [9.17, 15) is 0 Å². The lowest BCUT2D eigenvalue weighted by molar-refractivity contribution is 0.0486. The number of ether oxygens (including phenoxy) is 1. The van der Waals surface area contributed by atoms with Crippen LogP contribution in [0.1, 0.15) is 39.5 Å². The lowest BCUT2D eigenvalue weighted by atomic mass is 9.88. The molecular formula is C13H28N2O. The molecule has 0 aromatic heterocycles. The third-order valence-corrected chi connectivity index (χ3v) is 4.03. The Morgan fingerprint density at radius 2 is 2.00 bits per heavy atom. The fourth-order valence-electron chi connectivity index (χ4n) is 2.73. The van der Waals surface area contributed by atoms with Gasteiger partial charge >= 0.3 is 0 Å². The highest BCUT2D eigenvalue weighted by Crippen LogP contribution is 2.25. The van der Waals surface area contributed by atoms with Crippen LogP contribution in [-0.2, 0) is 4.74 Å². The summed E-state index contributed by atoms with van der Waals surface area (Å²) >= 11 is 0. The lowest BCUT2D eigenvalue weighted by Gasteiger charge is -2.47. The van der Waals surface area contributed by atoms with Gasteiger partial charge in [0.1, 0.15) is 0 Å². The van der Waals surface area contributed by atoms with Crippen LogP contribution in [0.15, 0.2) is 0 Å². The van der Waals surface area contributed by atoms with Crippen molar-refractivity contribution in [1.82, 2.24) is 10.2 Å². The molecule has 16 heavy (non-hydrogen) atoms. The first kappa shape index (κ1) is 13.9. The Kier molecular flexibility index (Phi) is 6.32. The molecule has 0 aromatic rings. The maximum Gasteiger partial charge on any atom is 0.0462 e. The number of piperazine rings is 1. The molecule has 1 rings (SSSR count). The van der Waals surface area contributed by atoms with Crippen molar-refractivity contribution in [2.75, 3.05) is 39.9 Å². The summed E-state index contributed by atoms with van der Waals surface area (Å²) in [5, 5.41) is 3.54. The van der Waals surface area contributed by atoms with Crippen LogP contribution in [0.4, 0.5) is 0 Å². The maximum absolute atomic E-state index is 5.11. The Balaban J connectivity index is 2.40. The molecule has 0 aromatic carbocycles. The van der Waals surface area contributed by atoms with Crippen LogP contribution in [0.5, 0.6) is 0 Å². The molecule has 0 atom stereocenters. The third kappa shape index (κ3) is 3.44. The molecule has 1 aliphatic heterocycles. The van der Waals surface area contributed by atoms with Crippen molar-refractivity contribution < 1.29 is 4.74 Å². The van der Waals surface area contributed by atoms with Crippen molar-refractivity contribution in [3.8, 4) is 0 Å². The highest BCUT2D eigenvalue weighted by molar-refractivity contribution is 4.93. The molecule has 1 aliphatic rings. The molecule has 0 unspecified atom stereocenters. The first-order chi connectivity index (χ1) is 7.79. The van der Waals surface area contributed by atoms with E-state index in [1.54, 1.807) is 7.11 Å². The van der Waals surface area contributed by atoms with Gasteiger partial charge in [0.25, 0.3) is 0 Å². The summed E-state index contributed by atoms with van der Waals surface area (Å²) in [7, 11) is 1.78. The van der Waals surface area contributed by atoms with E-state index in [-0.39, 0.29) is 0 Å². The van der Waals surface area contributed by atoms with Gasteiger partial charge in [-0.2, -0.15) is 0 Å². The van der Waals surface area contributed by atoms with Crippen molar-refractivity contribution in [3.63, 3.8) is 0 Å². The number of hydrogen-bond acceptors (Lipinski definition) is 3. The number of nitrogens with zero attached hydrogens (tertiary/aromatic N) is 1. The summed E-state index contributed by atoms with van der Waals surface area (Å²) in [6.07, 6.45) is 4.95. The molecule has 0 radical (unpaired) electrons. The Labute approximate surface area is 101 Å². The zero-order chi connectivity index (χ0) is 11.9. The SMILES string of the molecule is CCC1(CC)CNCCN1CCCCOC. The second-order valence-electron chi connectivity index (χ2n) is 4.80. The largest absolute Gasteiger partial charge is 0.385 e. The van der Waals surface area contributed by atoms with E-state index >= 15 is 0 Å². The first-order valence-electron chi connectivity index (χ1n) is 6.73. The third-order valence-electron chi connectivity index (χ3n) is 4.03. The first-order valence-corrected chi connectivity index (χ1v) is 6.73. The van der Waals surface area contributed by atoms with Gasteiger partial charge in [-0.05, 0) is 32.2 Å². The van der Waals surface area contributed by atoms with Gasteiger partial charge in [0, 0.05) is 38.9 Å². The molecular weight excluding hydrogens is 200 g/mol. The van der Waals surface area contributed by atoms with Crippen LogP contribution in [0, 0.1) is 0 Å². The Bertz CT molecular complexity index is 181. The lowest BCUT2D eigenvalue weighted by Crippen LogP contribution is -2.60. The predicted molar refractivity (Wildman–Crippen MR) is 68.9 cm³/mol. The van der Waals surface area contributed by atoms with Gasteiger partial charge in [-0.15, -0.1) is 0 Å². The van der Waals surface area contributed by atoms with Crippen LogP contribution < -0.4 is 5.32 Å². The average Bonchev–Trinajstić information content (AvgIpc) is 2.35. The predicted octanol–water partition coefficient (Wildman–Crippen LogP) is 1.88. The Morgan fingerprint density at radius 3 is 2.62 bits per heavy atom. The molecule has 1 saturated heterocycles. The molecule has 3 nitrogen and oxygen atoms in total. The molecule has 0 amide bonds. The number of nitrogens with one attached hydrogen (secondary N) is 1. The normalized spacial score (nSPS) is 21.2. The van der Waals surface area contributed by atoms with Crippen molar-refractivity contribution in [2.45, 2.75) is 45.1 Å². The molecule has 1 N–H and O–H groups in total. The topological polar surface area (TPSA) is 24.5 Å². The van der Waals surface area contributed by atoms with Crippen molar-refractivity contribution in [2.24, 2.45) is 0 Å². The molecule has 3 heteroatoms. The summed E-state index contributed by atoms with van der Waals surface area (Å²) in [6, 6.07) is 0. The summed E-state index contributed by atoms with van der Waals surface area (Å²) in [6.45, 7) is 10.3. The molecule has 1 heterocycles. The number of unbranched alkanes of at least 4 members (excludes halogenated alkanes) is 1. The molecule has 0 aliphatic carbocycles. The van der Waals surface area contributed by atoms with Crippen LogP contribution in [-0.4, -0.2) is 50.3 Å². The standard InChI is InChI=1S/C13H28N2O/c1-4-13(5-2)12-14-8-10-15(13)9-6-7-11-16-3/h14H,4-12H2,1-3H3. The van der Waals surface area contributed by atoms with Crippen LogP contribution in [0.2, 0.25) is 0 Å². The van der Waals surface area contributed by atoms with Crippen LogP contribution >= 0.6 is 0 Å². The second kappa shape index (κ2) is 7.25. The van der Waals surface area contributed by atoms with Gasteiger partial charge in [0.2, 0.25) is 0 Å². The van der Waals surface area contributed by atoms with Gasteiger partial charge in [0.05, 0.1) is 0 Å². The quantitative estimate of drug-likeness (QED) is 0.673. The van der Waals surface area contributed by atoms with Gasteiger partial charge in [-0.1, -0.05) is 13.8 Å². The number of rotatable bonds is 7. The zero-order valence-electron chi connectivity index (χ0n) is 11.2. The van der Waals surface area contributed by atoms with Crippen molar-refractivity contribution in [3.05, 3.63) is 0 Å². The van der Waals surface area contributed by atoms with Crippen LogP contribution in [0.3, 0.4) is 0 Å². The van der Waals surface area contributed by atoms with Gasteiger partial charge in [-0.25, -0.2) is 0 Å². The summed E-state index contributed by atoms with van der Waals surface area (Å²) in [5.74, 6) is 0. The van der Waals surface area contributed by atoms with E-state index in [0.29, 0.717) is 5.54 Å². The number of hydrogen-bond donors (Lipinski definition) is 1. The van der Waals surface area contributed by atoms with Crippen molar-refractivity contribution in [1.29, 1.82) is 0 Å². The minimum absolute atomic E-state index is 0.408. The summed E-state index contributed by atoms with van der Waals surface area (Å²) in [4.78, 5) is 2.69. The van der Waals surface area contributed by atoms with Crippen LogP contribution in [0.25, 0.3) is 0 Å². The maximum atomic E-state index is 5.11. The average molecular weight is 228 g/mol. The smallest absolute Gasteiger partial charge is 0.0462 e. The highest BCUT2D eigenvalue weighted by atomic mass is 16.5. The van der Waals surface area contributed by atoms with E-state index < -0.39 is 0 Å². The summed E-state index contributed by atoms with van der Waals surface area (Å²) < 4.78 is 5.11. The minimum Gasteiger partial charge on any atom is -0.385 e. The van der Waals surface area contributed by atoms with E-state index in [4.69, 9.17) is 4.74 Å². The second-order valence-corrected chi connectivity index (χ2v) is 4.80. The zero-order valence-corrected chi connectivity index (χ0v) is 11.2. The number of methoxy groups -OCH3 is 1. The molecule has 96 valence electrons. The van der Waals surface area contributed by atoms with E-state index in [0.717, 1.165) is 19.7 Å². The fraction of sp³-hybridized carbons (Fsp3) is 1.00. The molecule has 0 spiro atoms. The monoisotopic (exact) mass is 228 g/mol. The summed E-state index contributed by atoms with van der Waals surface area (Å²) in [5.41, 5.74) is 0.408. The Hall–Kier alpha value is -0.120. The van der Waals surface area contributed by atoms with Gasteiger partial charge < -0.3 is 10.1 Å². The fourth-order valence-corrected chi connectivity index (χ4v) is 2.73.